The van der Waals surface area contributed by atoms with Crippen molar-refractivity contribution in [3.05, 3.63) is 120 Å². The van der Waals surface area contributed by atoms with Crippen molar-refractivity contribution < 1.29 is 0 Å². The van der Waals surface area contributed by atoms with Crippen LogP contribution >= 0.6 is 0 Å². The summed E-state index contributed by atoms with van der Waals surface area (Å²) in [6.45, 7) is 0. The van der Waals surface area contributed by atoms with Crippen molar-refractivity contribution in [3.8, 4) is 0 Å². The normalized spacial score (nSPS) is 41.3. The fraction of sp³-hybridized carbons (Fsp3) is 0.415. The summed E-state index contributed by atoms with van der Waals surface area (Å²) in [6, 6.07) is 24.9. The number of pyridine rings is 4. The molecule has 6 saturated carbocycles. The van der Waals surface area contributed by atoms with Crippen molar-refractivity contribution >= 4 is 22.8 Å². The Hall–Kier alpha value is -4.72. The third kappa shape index (κ3) is 3.49. The van der Waals surface area contributed by atoms with Gasteiger partial charge in [-0.1, -0.05) is 24.3 Å². The summed E-state index contributed by atoms with van der Waals surface area (Å²) in [6.07, 6.45) is 11.5. The van der Waals surface area contributed by atoms with E-state index in [1.54, 1.807) is 0 Å². The standard InChI is InChI=1S/C41H36N8/c1-5-13-42-26(9-1)38-34-22-18-23(35(34)39(47-46-38)27-10-2-6-14-43-27)31-21-17-20(30(22)31)32-24-19-25(33(21)32)37-36(24)40(28-11-3-7-15-44-28)48-49-41(37)29-12-4-8-16-45-29/h1-16,20-25,30-37H,17-19H2/t20?,21?,22-,23+,24+,25-,30-,31+,32+,33-,34+,35-,36-,37+. The SMILES string of the molecule is c1ccc(C2=NN=C(c3ccccn3)[C@H]3[C@@H]4C[C@H]([C@@H]23)[C@@H]2C3CC([C@H]42)[C@H]2[C@@H]4C[C@@H]([C@@H]5C(c6ccccn6)=NN=C(c6ccccn6)[C@H]45)[C@@H]32)nc1. The minimum absolute atomic E-state index is 0.350. The summed E-state index contributed by atoms with van der Waals surface area (Å²) in [7, 11) is 0. The number of fused-ring (bicyclic) bond motifs is 22. The first-order valence-electron chi connectivity index (χ1n) is 18.3. The molecule has 6 fully saturated rings. The van der Waals surface area contributed by atoms with Crippen molar-refractivity contribution in [1.29, 1.82) is 0 Å². The molecule has 4 aromatic rings. The molecule has 12 rings (SSSR count). The van der Waals surface area contributed by atoms with Gasteiger partial charge in [-0.15, -0.1) is 0 Å². The lowest BCUT2D eigenvalue weighted by Crippen LogP contribution is -2.53. The van der Waals surface area contributed by atoms with Gasteiger partial charge in [0.2, 0.25) is 0 Å². The van der Waals surface area contributed by atoms with E-state index < -0.39 is 0 Å². The molecule has 2 aliphatic heterocycles. The molecule has 6 aliphatic carbocycles. The van der Waals surface area contributed by atoms with Gasteiger partial charge in [0.25, 0.3) is 0 Å². The van der Waals surface area contributed by atoms with Crippen molar-refractivity contribution in [2.24, 2.45) is 103 Å². The highest BCUT2D eigenvalue weighted by molar-refractivity contribution is 6.12. The predicted octanol–water partition coefficient (Wildman–Crippen LogP) is 6.26. The molecule has 6 bridgehead atoms. The number of rotatable bonds is 4. The summed E-state index contributed by atoms with van der Waals surface area (Å²) in [5, 5.41) is 20.0. The van der Waals surface area contributed by atoms with Crippen molar-refractivity contribution in [2.75, 3.05) is 0 Å². The molecule has 8 nitrogen and oxygen atoms in total. The molecule has 49 heavy (non-hydrogen) atoms. The quantitative estimate of drug-likeness (QED) is 0.246. The molecular formula is C41H36N8. The lowest BCUT2D eigenvalue weighted by Gasteiger charge is -2.52. The van der Waals surface area contributed by atoms with E-state index in [9.17, 15) is 0 Å². The summed E-state index contributed by atoms with van der Waals surface area (Å²) in [4.78, 5) is 19.3. The molecule has 0 spiro atoms. The van der Waals surface area contributed by atoms with Gasteiger partial charge >= 0.3 is 0 Å². The van der Waals surface area contributed by atoms with E-state index in [1.807, 2.05) is 49.1 Å². The van der Waals surface area contributed by atoms with E-state index in [1.165, 1.54) is 19.3 Å². The molecule has 0 aromatic carbocycles. The molecule has 0 N–H and O–H groups in total. The van der Waals surface area contributed by atoms with Gasteiger partial charge in [0, 0.05) is 48.5 Å². The largest absolute Gasteiger partial charge is 0.255 e. The molecule has 6 heterocycles. The van der Waals surface area contributed by atoms with Gasteiger partial charge in [-0.05, 0) is 127 Å². The van der Waals surface area contributed by atoms with Gasteiger partial charge in [0.15, 0.2) is 0 Å². The van der Waals surface area contributed by atoms with Crippen LogP contribution in [0.25, 0.3) is 0 Å². The second kappa shape index (κ2) is 9.93. The van der Waals surface area contributed by atoms with Crippen LogP contribution in [-0.2, 0) is 0 Å². The minimum atomic E-state index is 0.350. The summed E-state index contributed by atoms with van der Waals surface area (Å²) < 4.78 is 0. The average Bonchev–Trinajstić information content (AvgIpc) is 4.03. The Morgan fingerprint density at radius 1 is 0.327 bits per heavy atom. The van der Waals surface area contributed by atoms with Gasteiger partial charge in [0.05, 0.1) is 45.6 Å². The van der Waals surface area contributed by atoms with Crippen LogP contribution in [0.4, 0.5) is 0 Å². The zero-order valence-corrected chi connectivity index (χ0v) is 27.0. The summed E-state index contributed by atoms with van der Waals surface area (Å²) in [5.41, 5.74) is 8.41. The number of hydrogen-bond donors (Lipinski definition) is 0. The zero-order valence-electron chi connectivity index (χ0n) is 27.0. The van der Waals surface area contributed by atoms with Gasteiger partial charge < -0.3 is 0 Å². The molecule has 0 radical (unpaired) electrons. The van der Waals surface area contributed by atoms with Crippen LogP contribution in [0.15, 0.2) is 118 Å². The van der Waals surface area contributed by atoms with E-state index in [4.69, 9.17) is 40.3 Å². The molecule has 4 aromatic heterocycles. The maximum Gasteiger partial charge on any atom is 0.0927 e. The van der Waals surface area contributed by atoms with Crippen LogP contribution in [0.3, 0.4) is 0 Å². The molecule has 2 unspecified atom stereocenters. The van der Waals surface area contributed by atoms with Crippen LogP contribution in [-0.4, -0.2) is 42.8 Å². The predicted molar refractivity (Wildman–Crippen MR) is 186 cm³/mol. The van der Waals surface area contributed by atoms with Crippen LogP contribution in [0.2, 0.25) is 0 Å². The second-order valence-corrected chi connectivity index (χ2v) is 15.9. The Morgan fingerprint density at radius 3 is 0.837 bits per heavy atom. The molecule has 8 aliphatic rings. The summed E-state index contributed by atoms with van der Waals surface area (Å²) in [5.74, 6) is 8.35. The lowest BCUT2D eigenvalue weighted by molar-refractivity contribution is -0.00538. The monoisotopic (exact) mass is 640 g/mol. The Kier molecular flexibility index (Phi) is 5.50. The van der Waals surface area contributed by atoms with Crippen molar-refractivity contribution in [2.45, 2.75) is 19.3 Å². The second-order valence-electron chi connectivity index (χ2n) is 15.9. The zero-order chi connectivity index (χ0) is 31.8. The maximum absolute atomic E-state index is 4.99. The number of hydrogen-bond acceptors (Lipinski definition) is 8. The average molecular weight is 641 g/mol. The molecular weight excluding hydrogens is 605 g/mol. The highest BCUT2D eigenvalue weighted by Crippen LogP contribution is 2.80. The molecule has 0 amide bonds. The summed E-state index contributed by atoms with van der Waals surface area (Å²) >= 11 is 0. The number of nitrogens with zero attached hydrogens (tertiary/aromatic N) is 8. The van der Waals surface area contributed by atoms with Crippen molar-refractivity contribution in [1.82, 2.24) is 19.9 Å². The van der Waals surface area contributed by atoms with E-state index in [0.29, 0.717) is 47.3 Å². The van der Waals surface area contributed by atoms with Gasteiger partial charge in [-0.3, -0.25) is 19.9 Å². The Bertz CT molecular complexity index is 1800. The topological polar surface area (TPSA) is 101 Å². The first-order valence-corrected chi connectivity index (χ1v) is 18.3. The Balaban J connectivity index is 0.953. The molecule has 14 atom stereocenters. The first-order chi connectivity index (χ1) is 24.3. The van der Waals surface area contributed by atoms with Crippen molar-refractivity contribution in [3.63, 3.8) is 0 Å². The number of aromatic nitrogens is 4. The molecule has 240 valence electrons. The first kappa shape index (κ1) is 27.1. The highest BCUT2D eigenvalue weighted by atomic mass is 15.2. The molecule has 0 saturated heterocycles. The third-order valence-corrected chi connectivity index (χ3v) is 14.6. The van der Waals surface area contributed by atoms with Crippen LogP contribution in [0.1, 0.15) is 42.0 Å². The van der Waals surface area contributed by atoms with Crippen LogP contribution < -0.4 is 0 Å². The minimum Gasteiger partial charge on any atom is -0.255 e. The third-order valence-electron chi connectivity index (χ3n) is 14.6. The molecule has 8 heteroatoms. The van der Waals surface area contributed by atoms with E-state index in [-0.39, 0.29) is 0 Å². The Labute approximate surface area is 285 Å². The van der Waals surface area contributed by atoms with Gasteiger partial charge in [-0.25, -0.2) is 0 Å². The smallest absolute Gasteiger partial charge is 0.0927 e. The van der Waals surface area contributed by atoms with Crippen LogP contribution in [0, 0.1) is 82.9 Å². The van der Waals surface area contributed by atoms with Gasteiger partial charge in [-0.2, -0.15) is 20.4 Å². The van der Waals surface area contributed by atoms with E-state index >= 15 is 0 Å². The fourth-order valence-corrected chi connectivity index (χ4v) is 13.8. The van der Waals surface area contributed by atoms with E-state index in [0.717, 1.165) is 81.1 Å². The fourth-order valence-electron chi connectivity index (χ4n) is 13.8. The maximum atomic E-state index is 4.99. The van der Waals surface area contributed by atoms with E-state index in [2.05, 4.69) is 48.5 Å². The Morgan fingerprint density at radius 2 is 0.592 bits per heavy atom. The highest BCUT2D eigenvalue weighted by Gasteiger charge is 2.77. The lowest BCUT2D eigenvalue weighted by atomic mass is 9.52. The van der Waals surface area contributed by atoms with Gasteiger partial charge in [0.1, 0.15) is 0 Å². The van der Waals surface area contributed by atoms with Crippen LogP contribution in [0.5, 0.6) is 0 Å².